The SMILES string of the molecule is c1ccc(-c2cc(-c3ccccc3)cc(-c3c4ccccc4c(-c4cc(-c5ccccc5)cc(-c5ccccc5)c4)c4cc5c(cc34)c(-c3ccccc3)c(N(c3ccccc3)c3ccccc3)c3ccccc35)c2)cc1. The molecular formula is C76H51N. The summed E-state index contributed by atoms with van der Waals surface area (Å²) in [5.41, 5.74) is 19.8. The molecule has 360 valence electrons. The van der Waals surface area contributed by atoms with E-state index < -0.39 is 0 Å². The van der Waals surface area contributed by atoms with Crippen molar-refractivity contribution in [3.63, 3.8) is 0 Å². The van der Waals surface area contributed by atoms with Crippen LogP contribution in [0.3, 0.4) is 0 Å². The van der Waals surface area contributed by atoms with E-state index in [4.69, 9.17) is 0 Å². The Balaban J connectivity index is 1.19. The Hall–Kier alpha value is -10.1. The third-order valence-corrected chi connectivity index (χ3v) is 15.3. The van der Waals surface area contributed by atoms with Gasteiger partial charge in [-0.3, -0.25) is 0 Å². The summed E-state index contributed by atoms with van der Waals surface area (Å²) in [5.74, 6) is 0. The molecule has 0 amide bonds. The highest BCUT2D eigenvalue weighted by Crippen LogP contribution is 2.53. The van der Waals surface area contributed by atoms with E-state index in [1.54, 1.807) is 0 Å². The van der Waals surface area contributed by atoms with Gasteiger partial charge in [-0.25, -0.2) is 0 Å². The first kappa shape index (κ1) is 45.5. The van der Waals surface area contributed by atoms with Crippen LogP contribution in [0.1, 0.15) is 0 Å². The maximum atomic E-state index is 2.55. The monoisotopic (exact) mass is 977 g/mol. The fourth-order valence-electron chi connectivity index (χ4n) is 11.9. The molecule has 0 atom stereocenters. The van der Waals surface area contributed by atoms with Crippen molar-refractivity contribution in [1.29, 1.82) is 0 Å². The van der Waals surface area contributed by atoms with Crippen molar-refractivity contribution in [2.45, 2.75) is 0 Å². The number of fused-ring (bicyclic) bond motifs is 5. The predicted octanol–water partition coefficient (Wildman–Crippen LogP) is 21.4. The second kappa shape index (κ2) is 19.6. The van der Waals surface area contributed by atoms with Gasteiger partial charge in [0, 0.05) is 22.3 Å². The number of anilines is 3. The van der Waals surface area contributed by atoms with Crippen LogP contribution in [0.25, 0.3) is 121 Å². The Bertz CT molecular complexity index is 4290. The van der Waals surface area contributed by atoms with Crippen LogP contribution in [0.4, 0.5) is 17.1 Å². The molecule has 0 saturated heterocycles. The van der Waals surface area contributed by atoms with Crippen LogP contribution in [0.15, 0.2) is 309 Å². The summed E-state index contributed by atoms with van der Waals surface area (Å²) in [7, 11) is 0. The molecule has 1 heteroatoms. The zero-order valence-corrected chi connectivity index (χ0v) is 42.4. The molecule has 0 aliphatic carbocycles. The predicted molar refractivity (Wildman–Crippen MR) is 329 cm³/mol. The van der Waals surface area contributed by atoms with Crippen LogP contribution in [0.5, 0.6) is 0 Å². The summed E-state index contributed by atoms with van der Waals surface area (Å²) >= 11 is 0. The maximum Gasteiger partial charge on any atom is 0.0624 e. The molecule has 0 radical (unpaired) electrons. The Kier molecular flexibility index (Phi) is 11.6. The van der Waals surface area contributed by atoms with Gasteiger partial charge < -0.3 is 4.90 Å². The van der Waals surface area contributed by atoms with Gasteiger partial charge in [0.25, 0.3) is 0 Å². The first-order chi connectivity index (χ1) is 38.2. The lowest BCUT2D eigenvalue weighted by Gasteiger charge is -2.31. The Morgan fingerprint density at radius 3 is 0.805 bits per heavy atom. The van der Waals surface area contributed by atoms with E-state index in [-0.39, 0.29) is 0 Å². The van der Waals surface area contributed by atoms with Crippen LogP contribution < -0.4 is 4.90 Å². The molecule has 0 aliphatic rings. The molecule has 0 bridgehead atoms. The third-order valence-electron chi connectivity index (χ3n) is 15.3. The summed E-state index contributed by atoms with van der Waals surface area (Å²) in [6.45, 7) is 0. The summed E-state index contributed by atoms with van der Waals surface area (Å²) < 4.78 is 0. The minimum Gasteiger partial charge on any atom is -0.309 e. The van der Waals surface area contributed by atoms with E-state index in [0.29, 0.717) is 0 Å². The van der Waals surface area contributed by atoms with Gasteiger partial charge in [0.05, 0.1) is 5.69 Å². The van der Waals surface area contributed by atoms with Gasteiger partial charge in [0.2, 0.25) is 0 Å². The lowest BCUT2D eigenvalue weighted by Crippen LogP contribution is -2.12. The van der Waals surface area contributed by atoms with Gasteiger partial charge in [-0.05, 0) is 183 Å². The number of hydrogen-bond acceptors (Lipinski definition) is 1. The molecule has 0 unspecified atom stereocenters. The second-order valence-electron chi connectivity index (χ2n) is 19.9. The molecule has 0 N–H and O–H groups in total. The zero-order chi connectivity index (χ0) is 51.1. The van der Waals surface area contributed by atoms with Crippen molar-refractivity contribution in [3.8, 4) is 77.9 Å². The van der Waals surface area contributed by atoms with E-state index in [1.165, 1.54) is 110 Å². The standard InChI is InChI=1S/C76H51N/c1-8-26-52(27-9-1)57-44-58(53-28-10-2-11-29-53)47-61(46-57)73-66-41-23-24-42-67(66)74(62-48-59(54-30-12-3-13-31-54)45-60(49-62)55-32-14-4-15-33-55)72-51-70-69(50-71(72)73)65-40-22-25-43-68(65)76(75(70)56-34-16-5-17-35-56)77(63-36-18-6-19-37-63)64-38-20-7-21-39-64/h1-51H. The molecule has 0 aromatic heterocycles. The molecule has 14 aromatic carbocycles. The molecule has 14 rings (SSSR count). The molecule has 14 aromatic rings. The largest absolute Gasteiger partial charge is 0.309 e. The van der Waals surface area contributed by atoms with Crippen molar-refractivity contribution in [1.82, 2.24) is 0 Å². The fraction of sp³-hybridized carbons (Fsp3) is 0. The first-order valence-corrected chi connectivity index (χ1v) is 26.6. The number of benzene rings is 14. The summed E-state index contributed by atoms with van der Waals surface area (Å²) in [6.07, 6.45) is 0. The summed E-state index contributed by atoms with van der Waals surface area (Å²) in [6, 6.07) is 114. The maximum absolute atomic E-state index is 2.55. The van der Waals surface area contributed by atoms with Crippen molar-refractivity contribution in [2.75, 3.05) is 4.90 Å². The lowest BCUT2D eigenvalue weighted by atomic mass is 9.81. The Labute approximate surface area is 449 Å². The number of hydrogen-bond donors (Lipinski definition) is 0. The van der Waals surface area contributed by atoms with Crippen LogP contribution in [-0.4, -0.2) is 0 Å². The van der Waals surface area contributed by atoms with Crippen molar-refractivity contribution in [2.24, 2.45) is 0 Å². The van der Waals surface area contributed by atoms with Gasteiger partial charge in [-0.1, -0.05) is 237 Å². The topological polar surface area (TPSA) is 3.24 Å². The second-order valence-corrected chi connectivity index (χ2v) is 19.9. The van der Waals surface area contributed by atoms with Crippen LogP contribution >= 0.6 is 0 Å². The normalized spacial score (nSPS) is 11.4. The first-order valence-electron chi connectivity index (χ1n) is 26.6. The van der Waals surface area contributed by atoms with Crippen LogP contribution in [0.2, 0.25) is 0 Å². The zero-order valence-electron chi connectivity index (χ0n) is 42.4. The van der Waals surface area contributed by atoms with E-state index in [0.717, 1.165) is 28.2 Å². The average Bonchev–Trinajstić information content (AvgIpc) is 3.63. The molecule has 0 aliphatic heterocycles. The molecule has 0 heterocycles. The molecule has 1 nitrogen and oxygen atoms in total. The highest BCUT2D eigenvalue weighted by Gasteiger charge is 2.26. The van der Waals surface area contributed by atoms with Crippen molar-refractivity contribution >= 4 is 60.2 Å². The summed E-state index contributed by atoms with van der Waals surface area (Å²) in [4.78, 5) is 2.47. The minimum atomic E-state index is 1.09. The Morgan fingerprint density at radius 1 is 0.156 bits per heavy atom. The minimum absolute atomic E-state index is 1.09. The highest BCUT2D eigenvalue weighted by molar-refractivity contribution is 6.30. The quantitative estimate of drug-likeness (QED) is 0.0975. The molecule has 0 spiro atoms. The van der Waals surface area contributed by atoms with Gasteiger partial charge >= 0.3 is 0 Å². The number of nitrogens with zero attached hydrogens (tertiary/aromatic N) is 1. The Morgan fingerprint density at radius 2 is 0.429 bits per heavy atom. The lowest BCUT2D eigenvalue weighted by molar-refractivity contribution is 1.30. The van der Waals surface area contributed by atoms with E-state index in [2.05, 4.69) is 314 Å². The van der Waals surface area contributed by atoms with Crippen LogP contribution in [0, 0.1) is 0 Å². The van der Waals surface area contributed by atoms with Gasteiger partial charge in [-0.15, -0.1) is 0 Å². The highest BCUT2D eigenvalue weighted by atomic mass is 15.1. The van der Waals surface area contributed by atoms with Crippen molar-refractivity contribution in [3.05, 3.63) is 309 Å². The molecular weight excluding hydrogens is 927 g/mol. The smallest absolute Gasteiger partial charge is 0.0624 e. The van der Waals surface area contributed by atoms with E-state index in [9.17, 15) is 0 Å². The van der Waals surface area contributed by atoms with E-state index >= 15 is 0 Å². The molecule has 0 fully saturated rings. The van der Waals surface area contributed by atoms with Gasteiger partial charge in [0.1, 0.15) is 0 Å². The van der Waals surface area contributed by atoms with Gasteiger partial charge in [-0.2, -0.15) is 0 Å². The number of rotatable bonds is 10. The molecule has 77 heavy (non-hydrogen) atoms. The third kappa shape index (κ3) is 8.32. The molecule has 0 saturated carbocycles. The van der Waals surface area contributed by atoms with E-state index in [1.807, 2.05) is 0 Å². The fourth-order valence-corrected chi connectivity index (χ4v) is 11.9. The average molecular weight is 978 g/mol. The van der Waals surface area contributed by atoms with Crippen LogP contribution in [-0.2, 0) is 0 Å². The summed E-state index contributed by atoms with van der Waals surface area (Å²) in [5, 5.41) is 9.53. The van der Waals surface area contributed by atoms with Gasteiger partial charge in [0.15, 0.2) is 0 Å². The van der Waals surface area contributed by atoms with Crippen molar-refractivity contribution < 1.29 is 0 Å². The number of para-hydroxylation sites is 2.